The lowest BCUT2D eigenvalue weighted by Crippen LogP contribution is -2.41. The van der Waals surface area contributed by atoms with E-state index in [1.807, 2.05) is 31.2 Å². The molecule has 1 atom stereocenters. The molecular formula is C16H22N2O4. The molecule has 1 aromatic rings. The second-order valence-corrected chi connectivity index (χ2v) is 5.30. The quantitative estimate of drug-likeness (QED) is 0.635. The van der Waals surface area contributed by atoms with Crippen LogP contribution in [-0.2, 0) is 20.8 Å². The third-order valence-electron chi connectivity index (χ3n) is 3.30. The number of carboxylic acid groups (broad SMARTS) is 1. The number of carbonyl (C=O) groups excluding carboxylic acids is 2. The molecule has 0 radical (unpaired) electrons. The van der Waals surface area contributed by atoms with E-state index in [0.717, 1.165) is 12.0 Å². The van der Waals surface area contributed by atoms with Gasteiger partial charge in [0.1, 0.15) is 6.04 Å². The zero-order valence-electron chi connectivity index (χ0n) is 12.7. The van der Waals surface area contributed by atoms with Crippen molar-refractivity contribution < 1.29 is 19.5 Å². The second-order valence-electron chi connectivity index (χ2n) is 5.30. The molecule has 0 bridgehead atoms. The van der Waals surface area contributed by atoms with E-state index in [-0.39, 0.29) is 25.2 Å². The van der Waals surface area contributed by atoms with Crippen LogP contribution in [-0.4, -0.2) is 28.9 Å². The summed E-state index contributed by atoms with van der Waals surface area (Å²) in [7, 11) is 0. The van der Waals surface area contributed by atoms with Crippen LogP contribution in [0.25, 0.3) is 0 Å². The lowest BCUT2D eigenvalue weighted by atomic mass is 10.1. The molecule has 0 aromatic heterocycles. The van der Waals surface area contributed by atoms with Crippen LogP contribution in [0, 0.1) is 6.92 Å². The minimum atomic E-state index is -1.16. The zero-order chi connectivity index (χ0) is 16.5. The summed E-state index contributed by atoms with van der Waals surface area (Å²) in [5.74, 6) is -2.07. The highest BCUT2D eigenvalue weighted by Gasteiger charge is 2.20. The molecule has 120 valence electrons. The van der Waals surface area contributed by atoms with Crippen molar-refractivity contribution in [2.45, 2.75) is 45.1 Å². The Labute approximate surface area is 129 Å². The van der Waals surface area contributed by atoms with Crippen molar-refractivity contribution in [2.75, 3.05) is 0 Å². The van der Waals surface area contributed by atoms with E-state index >= 15 is 0 Å². The van der Waals surface area contributed by atoms with Gasteiger partial charge in [-0.05, 0) is 31.7 Å². The maximum Gasteiger partial charge on any atom is 0.326 e. The number of aliphatic carboxylic acids is 1. The predicted octanol–water partition coefficient (Wildman–Crippen LogP) is 1.15. The SMILES string of the molecule is Cc1ccc(CCCC(=O)N[C@@H](CCC(N)=O)C(=O)O)cc1. The molecule has 2 amide bonds. The Kier molecular flexibility index (Phi) is 7.08. The molecule has 0 aliphatic heterocycles. The highest BCUT2D eigenvalue weighted by molar-refractivity contribution is 5.84. The van der Waals surface area contributed by atoms with Crippen molar-refractivity contribution in [3.05, 3.63) is 35.4 Å². The zero-order valence-corrected chi connectivity index (χ0v) is 12.7. The Morgan fingerprint density at radius 2 is 1.82 bits per heavy atom. The van der Waals surface area contributed by atoms with E-state index < -0.39 is 17.9 Å². The third-order valence-corrected chi connectivity index (χ3v) is 3.30. The topological polar surface area (TPSA) is 109 Å². The first-order chi connectivity index (χ1) is 10.4. The van der Waals surface area contributed by atoms with Gasteiger partial charge in [-0.15, -0.1) is 0 Å². The van der Waals surface area contributed by atoms with Crippen LogP contribution in [0.1, 0.15) is 36.8 Å². The number of carboxylic acids is 1. The third kappa shape index (κ3) is 6.88. The van der Waals surface area contributed by atoms with Gasteiger partial charge in [-0.1, -0.05) is 29.8 Å². The second kappa shape index (κ2) is 8.81. The highest BCUT2D eigenvalue weighted by Crippen LogP contribution is 2.07. The minimum Gasteiger partial charge on any atom is -0.480 e. The maximum absolute atomic E-state index is 11.8. The molecule has 6 heteroatoms. The summed E-state index contributed by atoms with van der Waals surface area (Å²) < 4.78 is 0. The molecule has 0 fully saturated rings. The molecule has 6 nitrogen and oxygen atoms in total. The Bertz CT molecular complexity index is 525. The number of carbonyl (C=O) groups is 3. The van der Waals surface area contributed by atoms with Crippen LogP contribution >= 0.6 is 0 Å². The first-order valence-electron chi connectivity index (χ1n) is 7.24. The number of benzene rings is 1. The van der Waals surface area contributed by atoms with Crippen LogP contribution < -0.4 is 11.1 Å². The fourth-order valence-corrected chi connectivity index (χ4v) is 2.02. The fraction of sp³-hybridized carbons (Fsp3) is 0.438. The molecule has 0 spiro atoms. The first kappa shape index (κ1) is 17.7. The number of nitrogens with one attached hydrogen (secondary N) is 1. The number of nitrogens with two attached hydrogens (primary N) is 1. The molecule has 1 rings (SSSR count). The molecule has 0 unspecified atom stereocenters. The van der Waals surface area contributed by atoms with Crippen LogP contribution in [0.4, 0.5) is 0 Å². The number of amides is 2. The van der Waals surface area contributed by atoms with Crippen molar-refractivity contribution in [1.29, 1.82) is 0 Å². The van der Waals surface area contributed by atoms with Crippen LogP contribution in [0.15, 0.2) is 24.3 Å². The van der Waals surface area contributed by atoms with Gasteiger partial charge in [0.15, 0.2) is 0 Å². The van der Waals surface area contributed by atoms with E-state index in [1.165, 1.54) is 5.56 Å². The van der Waals surface area contributed by atoms with E-state index in [2.05, 4.69) is 5.32 Å². The van der Waals surface area contributed by atoms with Gasteiger partial charge in [-0.25, -0.2) is 4.79 Å². The Morgan fingerprint density at radius 3 is 2.36 bits per heavy atom. The number of primary amides is 1. The molecule has 0 heterocycles. The Hall–Kier alpha value is -2.37. The molecule has 0 aliphatic carbocycles. The van der Waals surface area contributed by atoms with Gasteiger partial charge < -0.3 is 16.2 Å². The summed E-state index contributed by atoms with van der Waals surface area (Å²) in [6, 6.07) is 6.99. The van der Waals surface area contributed by atoms with Gasteiger partial charge in [-0.3, -0.25) is 9.59 Å². The van der Waals surface area contributed by atoms with Gasteiger partial charge in [0.25, 0.3) is 0 Å². The standard InChI is InChI=1S/C16H22N2O4/c1-11-5-7-12(8-6-11)3-2-4-15(20)18-13(16(21)22)9-10-14(17)19/h5-8,13H,2-4,9-10H2,1H3,(H2,17,19)(H,18,20)(H,21,22)/t13-/m0/s1. The molecule has 1 aromatic carbocycles. The van der Waals surface area contributed by atoms with Gasteiger partial charge in [0.05, 0.1) is 0 Å². The van der Waals surface area contributed by atoms with E-state index in [9.17, 15) is 14.4 Å². The van der Waals surface area contributed by atoms with Crippen molar-refractivity contribution in [2.24, 2.45) is 5.73 Å². The number of hydrogen-bond acceptors (Lipinski definition) is 3. The predicted molar refractivity (Wildman–Crippen MR) is 82.1 cm³/mol. The van der Waals surface area contributed by atoms with Crippen molar-refractivity contribution in [1.82, 2.24) is 5.32 Å². The van der Waals surface area contributed by atoms with Crippen molar-refractivity contribution >= 4 is 17.8 Å². The monoisotopic (exact) mass is 306 g/mol. The van der Waals surface area contributed by atoms with Gasteiger partial charge >= 0.3 is 5.97 Å². The summed E-state index contributed by atoms with van der Waals surface area (Å²) >= 11 is 0. The smallest absolute Gasteiger partial charge is 0.326 e. The number of aryl methyl sites for hydroxylation is 2. The maximum atomic E-state index is 11.8. The van der Waals surface area contributed by atoms with Crippen molar-refractivity contribution in [3.63, 3.8) is 0 Å². The number of hydrogen-bond donors (Lipinski definition) is 3. The number of rotatable bonds is 9. The van der Waals surface area contributed by atoms with E-state index in [0.29, 0.717) is 6.42 Å². The summed E-state index contributed by atoms with van der Waals surface area (Å²) in [5.41, 5.74) is 7.30. The van der Waals surface area contributed by atoms with E-state index in [4.69, 9.17) is 10.8 Å². The van der Waals surface area contributed by atoms with E-state index in [1.54, 1.807) is 0 Å². The summed E-state index contributed by atoms with van der Waals surface area (Å²) in [4.78, 5) is 33.4. The molecule has 0 saturated heterocycles. The molecular weight excluding hydrogens is 284 g/mol. The van der Waals surface area contributed by atoms with Gasteiger partial charge in [-0.2, -0.15) is 0 Å². The Morgan fingerprint density at radius 1 is 1.18 bits per heavy atom. The summed E-state index contributed by atoms with van der Waals surface area (Å²) in [5, 5.41) is 11.4. The normalized spacial score (nSPS) is 11.7. The largest absolute Gasteiger partial charge is 0.480 e. The molecule has 0 aliphatic rings. The molecule has 4 N–H and O–H groups in total. The molecule has 0 saturated carbocycles. The van der Waals surface area contributed by atoms with Crippen LogP contribution in [0.3, 0.4) is 0 Å². The van der Waals surface area contributed by atoms with Crippen LogP contribution in [0.2, 0.25) is 0 Å². The van der Waals surface area contributed by atoms with Crippen molar-refractivity contribution in [3.8, 4) is 0 Å². The lowest BCUT2D eigenvalue weighted by molar-refractivity contribution is -0.142. The first-order valence-corrected chi connectivity index (χ1v) is 7.24. The van der Waals surface area contributed by atoms with Crippen LogP contribution in [0.5, 0.6) is 0 Å². The van der Waals surface area contributed by atoms with Gasteiger partial charge in [0, 0.05) is 12.8 Å². The fourth-order valence-electron chi connectivity index (χ4n) is 2.02. The van der Waals surface area contributed by atoms with Gasteiger partial charge in [0.2, 0.25) is 11.8 Å². The molecule has 22 heavy (non-hydrogen) atoms. The average Bonchev–Trinajstić information content (AvgIpc) is 2.45. The minimum absolute atomic E-state index is 0.00830. The Balaban J connectivity index is 2.35. The highest BCUT2D eigenvalue weighted by atomic mass is 16.4. The summed E-state index contributed by atoms with van der Waals surface area (Å²) in [6.07, 6.45) is 1.58. The average molecular weight is 306 g/mol. The summed E-state index contributed by atoms with van der Waals surface area (Å²) in [6.45, 7) is 2.01. The lowest BCUT2D eigenvalue weighted by Gasteiger charge is -2.13.